The largest absolute Gasteiger partial charge is 0.534 e. The highest BCUT2D eigenvalue weighted by Crippen LogP contribution is 2.27. The normalized spacial score (nSPS) is 12.5. The smallest absolute Gasteiger partial charge is 0.374 e. The highest BCUT2D eigenvalue weighted by Gasteiger charge is 2.49. The minimum absolute atomic E-state index is 0.0372. The first-order chi connectivity index (χ1) is 14.0. The van der Waals surface area contributed by atoms with E-state index in [0.717, 1.165) is 18.5 Å². The van der Waals surface area contributed by atoms with E-state index in [0.29, 0.717) is 5.69 Å². The number of nitrogens with one attached hydrogen (secondary N) is 1. The number of hydrogen-bond donors (Lipinski definition) is 1. The van der Waals surface area contributed by atoms with Gasteiger partial charge in [0.2, 0.25) is 0 Å². The third-order valence-electron chi connectivity index (χ3n) is 2.72. The molecule has 9 nitrogen and oxygen atoms in total. The Morgan fingerprint density at radius 3 is 2.06 bits per heavy atom. The van der Waals surface area contributed by atoms with Crippen molar-refractivity contribution in [3.8, 4) is 5.75 Å². The van der Waals surface area contributed by atoms with Crippen LogP contribution in [0.2, 0.25) is 5.02 Å². The van der Waals surface area contributed by atoms with E-state index in [-0.39, 0.29) is 10.7 Å². The molecular formula is C13H10ClF6N3O6S2. The number of aryl methyl sites for hydroxylation is 1. The molecule has 0 spiro atoms. The van der Waals surface area contributed by atoms with Gasteiger partial charge in [0, 0.05) is 18.5 Å². The molecule has 0 atom stereocenters. The fourth-order valence-corrected chi connectivity index (χ4v) is 2.25. The van der Waals surface area contributed by atoms with Crippen LogP contribution in [-0.2, 0) is 24.5 Å². The van der Waals surface area contributed by atoms with E-state index in [1.165, 1.54) is 25.3 Å². The van der Waals surface area contributed by atoms with Crippen LogP contribution in [0, 0.1) is 6.92 Å². The molecular weight excluding hydrogens is 508 g/mol. The Balaban J connectivity index is 0.000000311. The summed E-state index contributed by atoms with van der Waals surface area (Å²) in [5, 5.41) is -0.0372. The zero-order chi connectivity index (χ0) is 24.1. The second-order valence-electron chi connectivity index (χ2n) is 5.04. The predicted molar refractivity (Wildman–Crippen MR) is 93.5 cm³/mol. The summed E-state index contributed by atoms with van der Waals surface area (Å²) in [5.41, 5.74) is -8.91. The van der Waals surface area contributed by atoms with E-state index in [2.05, 4.69) is 18.4 Å². The lowest BCUT2D eigenvalue weighted by molar-refractivity contribution is -0.0527. The number of rotatable bonds is 5. The maximum atomic E-state index is 11.9. The quantitative estimate of drug-likeness (QED) is 0.274. The summed E-state index contributed by atoms with van der Waals surface area (Å²) in [4.78, 5) is 7.09. The Hall–Kier alpha value is -2.37. The van der Waals surface area contributed by atoms with Crippen LogP contribution in [0.5, 0.6) is 5.75 Å². The highest BCUT2D eigenvalue weighted by molar-refractivity contribution is 7.88. The maximum absolute atomic E-state index is 11.9. The molecule has 0 amide bonds. The molecule has 2 aromatic rings. The van der Waals surface area contributed by atoms with Gasteiger partial charge < -0.3 is 4.18 Å². The number of pyridine rings is 2. The number of hydrogen-bond acceptors (Lipinski definition) is 9. The molecule has 0 aliphatic carbocycles. The standard InChI is InChI=1S/C7H7F3N2O3S.C6H3ClF3NO3S/c1-5-6(3-2-4-11-5)12-15-16(13,14)7(8,9)10;7-4-1-5(3-11-2-4)14-15(12,13)6(8,9)10/h2-4,12H,1H3;1-3H. The third kappa shape index (κ3) is 8.00. The lowest BCUT2D eigenvalue weighted by atomic mass is 10.3. The van der Waals surface area contributed by atoms with Crippen molar-refractivity contribution in [1.29, 1.82) is 0 Å². The molecule has 0 fully saturated rings. The monoisotopic (exact) mass is 517 g/mol. The minimum atomic E-state index is -5.67. The van der Waals surface area contributed by atoms with Crippen LogP contribution in [0.3, 0.4) is 0 Å². The van der Waals surface area contributed by atoms with Crippen molar-refractivity contribution in [2.45, 2.75) is 17.9 Å². The molecule has 31 heavy (non-hydrogen) atoms. The van der Waals surface area contributed by atoms with Crippen LogP contribution in [0.25, 0.3) is 0 Å². The number of alkyl halides is 6. The fourth-order valence-electron chi connectivity index (χ4n) is 1.35. The summed E-state index contributed by atoms with van der Waals surface area (Å²) in [7, 11) is -11.3. The third-order valence-corrected chi connectivity index (χ3v) is 4.78. The van der Waals surface area contributed by atoms with Crippen LogP contribution in [0.4, 0.5) is 32.0 Å². The lowest BCUT2D eigenvalue weighted by Gasteiger charge is -2.10. The molecule has 174 valence electrons. The highest BCUT2D eigenvalue weighted by atomic mass is 35.5. The van der Waals surface area contributed by atoms with E-state index in [4.69, 9.17) is 11.6 Å². The molecule has 0 saturated heterocycles. The Morgan fingerprint density at radius 2 is 1.58 bits per heavy atom. The summed E-state index contributed by atoms with van der Waals surface area (Å²) < 4.78 is 121. The first-order valence-corrected chi connectivity index (χ1v) is 10.4. The summed E-state index contributed by atoms with van der Waals surface area (Å²) in [6.45, 7) is 1.48. The van der Waals surface area contributed by atoms with Gasteiger partial charge in [-0.15, -0.1) is 4.28 Å². The Morgan fingerprint density at radius 1 is 1.00 bits per heavy atom. The van der Waals surface area contributed by atoms with E-state index >= 15 is 0 Å². The molecule has 2 rings (SSSR count). The van der Waals surface area contributed by atoms with Gasteiger partial charge in [-0.1, -0.05) is 11.6 Å². The molecule has 1 N–H and O–H groups in total. The first kappa shape index (κ1) is 26.7. The van der Waals surface area contributed by atoms with Gasteiger partial charge in [0.05, 0.1) is 22.6 Å². The van der Waals surface area contributed by atoms with Gasteiger partial charge >= 0.3 is 31.3 Å². The SMILES string of the molecule is Cc1ncccc1NOS(=O)(=O)C(F)(F)F.O=S(=O)(Oc1cncc(Cl)c1)C(F)(F)F. The molecule has 2 aromatic heterocycles. The number of anilines is 1. The van der Waals surface area contributed by atoms with Gasteiger partial charge in [-0.3, -0.25) is 9.97 Å². The van der Waals surface area contributed by atoms with Crippen molar-refractivity contribution in [3.63, 3.8) is 0 Å². The van der Waals surface area contributed by atoms with E-state index in [1.54, 1.807) is 5.48 Å². The Labute approximate surface area is 176 Å². The van der Waals surface area contributed by atoms with Gasteiger partial charge in [-0.2, -0.15) is 43.2 Å². The van der Waals surface area contributed by atoms with Crippen LogP contribution in [-0.4, -0.2) is 37.8 Å². The van der Waals surface area contributed by atoms with E-state index in [9.17, 15) is 43.2 Å². The zero-order valence-electron chi connectivity index (χ0n) is 14.8. The van der Waals surface area contributed by atoms with Gasteiger partial charge in [0.1, 0.15) is 0 Å². The second kappa shape index (κ2) is 9.84. The van der Waals surface area contributed by atoms with Crippen molar-refractivity contribution in [3.05, 3.63) is 47.5 Å². The minimum Gasteiger partial charge on any atom is -0.374 e. The fraction of sp³-hybridized carbons (Fsp3) is 0.231. The molecule has 2 heterocycles. The van der Waals surface area contributed by atoms with Crippen molar-refractivity contribution >= 4 is 37.5 Å². The predicted octanol–water partition coefficient (Wildman–Crippen LogP) is 3.55. The van der Waals surface area contributed by atoms with Gasteiger partial charge in [-0.05, 0) is 19.1 Å². The Bertz CT molecular complexity index is 1110. The van der Waals surface area contributed by atoms with Gasteiger partial charge in [0.15, 0.2) is 5.75 Å². The van der Waals surface area contributed by atoms with Crippen LogP contribution in [0.15, 0.2) is 36.8 Å². The number of nitrogens with zero attached hydrogens (tertiary/aromatic N) is 2. The van der Waals surface area contributed by atoms with Crippen molar-refractivity contribution < 1.29 is 51.6 Å². The summed E-state index contributed by atoms with van der Waals surface area (Å²) in [6, 6.07) is 3.64. The van der Waals surface area contributed by atoms with E-state index in [1.807, 2.05) is 0 Å². The number of halogens is 7. The maximum Gasteiger partial charge on any atom is 0.534 e. The summed E-state index contributed by atoms with van der Waals surface area (Å²) in [6.07, 6.45) is 3.32. The summed E-state index contributed by atoms with van der Waals surface area (Å²) in [5.74, 6) is -0.597. The average molecular weight is 518 g/mol. The molecule has 0 aliphatic heterocycles. The first-order valence-electron chi connectivity index (χ1n) is 7.25. The summed E-state index contributed by atoms with van der Waals surface area (Å²) >= 11 is 5.37. The molecule has 0 radical (unpaired) electrons. The second-order valence-corrected chi connectivity index (χ2v) is 8.56. The molecule has 18 heteroatoms. The van der Waals surface area contributed by atoms with Crippen molar-refractivity contribution in [2.24, 2.45) is 0 Å². The van der Waals surface area contributed by atoms with E-state index < -0.39 is 37.0 Å². The topological polar surface area (TPSA) is 125 Å². The average Bonchev–Trinajstić information content (AvgIpc) is 2.59. The van der Waals surface area contributed by atoms with Crippen molar-refractivity contribution in [2.75, 3.05) is 5.48 Å². The zero-order valence-corrected chi connectivity index (χ0v) is 17.2. The van der Waals surface area contributed by atoms with Crippen molar-refractivity contribution in [1.82, 2.24) is 9.97 Å². The van der Waals surface area contributed by atoms with Crippen LogP contribution >= 0.6 is 11.6 Å². The van der Waals surface area contributed by atoms with Crippen LogP contribution < -0.4 is 9.66 Å². The van der Waals surface area contributed by atoms with Gasteiger partial charge in [0.25, 0.3) is 0 Å². The Kier molecular flexibility index (Phi) is 8.46. The van der Waals surface area contributed by atoms with Gasteiger partial charge in [-0.25, -0.2) is 5.48 Å². The van der Waals surface area contributed by atoms with Crippen LogP contribution in [0.1, 0.15) is 5.69 Å². The number of aromatic nitrogens is 2. The molecule has 0 aromatic carbocycles. The molecule has 0 unspecified atom stereocenters. The molecule has 0 bridgehead atoms. The molecule has 0 aliphatic rings. The molecule has 0 saturated carbocycles. The lowest BCUT2D eigenvalue weighted by Crippen LogP contribution is -2.28.